The van der Waals surface area contributed by atoms with Gasteiger partial charge in [-0.3, -0.25) is 10.1 Å². The molecule has 0 fully saturated rings. The van der Waals surface area contributed by atoms with E-state index in [1.54, 1.807) is 6.07 Å². The number of nitrogens with zero attached hydrogens (tertiary/aromatic N) is 1. The minimum atomic E-state index is -0.377. The minimum absolute atomic E-state index is 0.215. The van der Waals surface area contributed by atoms with Crippen LogP contribution in [0.15, 0.2) is 12.1 Å². The van der Waals surface area contributed by atoms with Gasteiger partial charge in [0.2, 0.25) is 0 Å². The van der Waals surface area contributed by atoms with E-state index in [1.165, 1.54) is 17.4 Å². The molecule has 1 aromatic heterocycles. The van der Waals surface area contributed by atoms with Gasteiger partial charge < -0.3 is 0 Å². The lowest BCUT2D eigenvalue weighted by Crippen LogP contribution is -1.80. The van der Waals surface area contributed by atoms with Crippen LogP contribution in [0, 0.1) is 17.0 Å². The van der Waals surface area contributed by atoms with Gasteiger partial charge in [-0.2, -0.15) is 0 Å². The Hall–Kier alpha value is -0.900. The van der Waals surface area contributed by atoms with E-state index in [9.17, 15) is 10.1 Å². The average molecular weight is 173 g/mol. The largest absolute Gasteiger partial charge is 0.324 e. The van der Waals surface area contributed by atoms with E-state index in [0.29, 0.717) is 0 Å². The van der Waals surface area contributed by atoms with Crippen molar-refractivity contribution in [3.63, 3.8) is 0 Å². The summed E-state index contributed by atoms with van der Waals surface area (Å²) in [5.41, 5.74) is 0. The number of hydrogen-bond acceptors (Lipinski definition) is 3. The number of aryl methyl sites for hydroxylation is 1. The summed E-state index contributed by atoms with van der Waals surface area (Å²) < 4.78 is 0. The molecule has 0 atom stereocenters. The monoisotopic (exact) mass is 173 g/mol. The van der Waals surface area contributed by atoms with E-state index in [0.717, 1.165) is 4.88 Å². The normalized spacial score (nSPS) is 8.27. The Morgan fingerprint density at radius 3 is 2.18 bits per heavy atom. The summed E-state index contributed by atoms with van der Waals surface area (Å²) in [7, 11) is 0. The van der Waals surface area contributed by atoms with Gasteiger partial charge in [-0.1, -0.05) is 25.2 Å². The quantitative estimate of drug-likeness (QED) is 0.484. The summed E-state index contributed by atoms with van der Waals surface area (Å²) >= 11 is 1.20. The molecule has 0 bridgehead atoms. The van der Waals surface area contributed by atoms with Gasteiger partial charge in [-0.05, 0) is 13.0 Å². The molecular formula is C7H11NO2S. The number of nitro groups is 1. The van der Waals surface area contributed by atoms with Crippen LogP contribution in [0.1, 0.15) is 18.7 Å². The predicted molar refractivity (Wildman–Crippen MR) is 47.1 cm³/mol. The highest BCUT2D eigenvalue weighted by atomic mass is 32.1. The van der Waals surface area contributed by atoms with Crippen LogP contribution in [0.4, 0.5) is 5.00 Å². The molecule has 0 aliphatic rings. The van der Waals surface area contributed by atoms with Crippen molar-refractivity contribution in [2.45, 2.75) is 20.8 Å². The van der Waals surface area contributed by atoms with Crippen molar-refractivity contribution in [2.24, 2.45) is 0 Å². The summed E-state index contributed by atoms with van der Waals surface area (Å²) in [4.78, 5) is 10.6. The molecule has 1 rings (SSSR count). The minimum Gasteiger partial charge on any atom is -0.258 e. The number of thiophene rings is 1. The van der Waals surface area contributed by atoms with Gasteiger partial charge in [-0.25, -0.2) is 0 Å². The Kier molecular flexibility index (Phi) is 4.45. The molecule has 0 saturated heterocycles. The zero-order chi connectivity index (χ0) is 8.85. The summed E-state index contributed by atoms with van der Waals surface area (Å²) in [6, 6.07) is 3.25. The predicted octanol–water partition coefficient (Wildman–Crippen LogP) is 2.99. The van der Waals surface area contributed by atoms with Crippen molar-refractivity contribution in [2.75, 3.05) is 0 Å². The molecule has 0 aliphatic carbocycles. The maximum atomic E-state index is 10.0. The topological polar surface area (TPSA) is 43.1 Å². The number of hydrogen-bond donors (Lipinski definition) is 0. The van der Waals surface area contributed by atoms with Gasteiger partial charge in [0, 0.05) is 10.9 Å². The van der Waals surface area contributed by atoms with Crippen LogP contribution in [-0.2, 0) is 0 Å². The lowest BCUT2D eigenvalue weighted by atomic mass is 10.5. The molecule has 1 aromatic rings. The van der Waals surface area contributed by atoms with Gasteiger partial charge in [0.15, 0.2) is 0 Å². The molecule has 0 saturated carbocycles. The van der Waals surface area contributed by atoms with Crippen molar-refractivity contribution < 1.29 is 4.92 Å². The first-order valence-corrected chi connectivity index (χ1v) is 4.22. The lowest BCUT2D eigenvalue weighted by molar-refractivity contribution is -0.380. The van der Waals surface area contributed by atoms with E-state index in [4.69, 9.17) is 0 Å². The number of rotatable bonds is 1. The van der Waals surface area contributed by atoms with Crippen molar-refractivity contribution in [3.8, 4) is 0 Å². The van der Waals surface area contributed by atoms with Crippen molar-refractivity contribution in [1.29, 1.82) is 0 Å². The van der Waals surface area contributed by atoms with Gasteiger partial charge in [0.25, 0.3) is 0 Å². The van der Waals surface area contributed by atoms with E-state index in [2.05, 4.69) is 0 Å². The van der Waals surface area contributed by atoms with Crippen LogP contribution in [0.3, 0.4) is 0 Å². The molecule has 0 aromatic carbocycles. The Labute approximate surface area is 69.8 Å². The van der Waals surface area contributed by atoms with Gasteiger partial charge in [0.05, 0.1) is 4.92 Å². The Morgan fingerprint density at radius 1 is 1.45 bits per heavy atom. The highest BCUT2D eigenvalue weighted by Crippen LogP contribution is 2.22. The van der Waals surface area contributed by atoms with E-state index >= 15 is 0 Å². The zero-order valence-electron chi connectivity index (χ0n) is 6.83. The van der Waals surface area contributed by atoms with Crippen molar-refractivity contribution in [3.05, 3.63) is 27.1 Å². The molecule has 0 aliphatic heterocycles. The van der Waals surface area contributed by atoms with Crippen LogP contribution in [-0.4, -0.2) is 4.92 Å². The summed E-state index contributed by atoms with van der Waals surface area (Å²) in [6.45, 7) is 5.84. The Morgan fingerprint density at radius 2 is 2.00 bits per heavy atom. The Balaban J connectivity index is 0.000000461. The maximum absolute atomic E-state index is 10.0. The Bertz CT molecular complexity index is 232. The molecule has 0 unspecified atom stereocenters. The fourth-order valence-electron chi connectivity index (χ4n) is 0.520. The second-order valence-corrected chi connectivity index (χ2v) is 2.91. The molecule has 1 heterocycles. The zero-order valence-corrected chi connectivity index (χ0v) is 7.64. The summed E-state index contributed by atoms with van der Waals surface area (Å²) in [5.74, 6) is 0. The van der Waals surface area contributed by atoms with Crippen LogP contribution in [0.2, 0.25) is 0 Å². The highest BCUT2D eigenvalue weighted by Gasteiger charge is 2.05. The molecular weight excluding hydrogens is 162 g/mol. The van der Waals surface area contributed by atoms with Crippen LogP contribution in [0.5, 0.6) is 0 Å². The highest BCUT2D eigenvalue weighted by molar-refractivity contribution is 7.15. The van der Waals surface area contributed by atoms with E-state index in [-0.39, 0.29) is 9.92 Å². The molecule has 3 nitrogen and oxygen atoms in total. The maximum Gasteiger partial charge on any atom is 0.324 e. The standard InChI is InChI=1S/C5H5NO2S.C2H6/c1-4-2-3-5(9-4)6(7)8;1-2/h2-3H,1H3;1-2H3. The molecule has 11 heavy (non-hydrogen) atoms. The molecule has 4 heteroatoms. The molecule has 0 amide bonds. The first-order chi connectivity index (χ1) is 5.20. The van der Waals surface area contributed by atoms with E-state index in [1.807, 2.05) is 20.8 Å². The summed E-state index contributed by atoms with van der Waals surface area (Å²) in [5, 5.41) is 10.2. The van der Waals surface area contributed by atoms with Crippen LogP contribution >= 0.6 is 11.3 Å². The third-order valence-corrected chi connectivity index (χ3v) is 1.86. The van der Waals surface area contributed by atoms with Gasteiger partial charge in [-0.15, -0.1) is 0 Å². The molecule has 62 valence electrons. The van der Waals surface area contributed by atoms with Crippen LogP contribution < -0.4 is 0 Å². The smallest absolute Gasteiger partial charge is 0.258 e. The van der Waals surface area contributed by atoms with E-state index < -0.39 is 0 Å². The molecule has 0 N–H and O–H groups in total. The van der Waals surface area contributed by atoms with Gasteiger partial charge in [0.1, 0.15) is 0 Å². The van der Waals surface area contributed by atoms with Crippen molar-refractivity contribution >= 4 is 16.3 Å². The second kappa shape index (κ2) is 4.85. The average Bonchev–Trinajstić information content (AvgIpc) is 2.40. The summed E-state index contributed by atoms with van der Waals surface area (Å²) in [6.07, 6.45) is 0. The molecule has 0 spiro atoms. The van der Waals surface area contributed by atoms with Crippen LogP contribution in [0.25, 0.3) is 0 Å². The van der Waals surface area contributed by atoms with Gasteiger partial charge >= 0.3 is 5.00 Å². The van der Waals surface area contributed by atoms with Crippen molar-refractivity contribution in [1.82, 2.24) is 0 Å². The SMILES string of the molecule is CC.Cc1ccc([N+](=O)[O-])s1. The fourth-order valence-corrected chi connectivity index (χ4v) is 1.20. The first kappa shape index (κ1) is 10.1. The molecule has 0 radical (unpaired) electrons. The third-order valence-electron chi connectivity index (χ3n) is 0.906. The second-order valence-electron chi connectivity index (χ2n) is 1.64. The third kappa shape index (κ3) is 3.13. The fraction of sp³-hybridized carbons (Fsp3) is 0.429. The first-order valence-electron chi connectivity index (χ1n) is 3.41. The lowest BCUT2D eigenvalue weighted by Gasteiger charge is -1.78.